The molecule has 1 aromatic heterocycles. The third-order valence-electron chi connectivity index (χ3n) is 2.61. The first-order valence-corrected chi connectivity index (χ1v) is 5.92. The van der Waals surface area contributed by atoms with E-state index in [-0.39, 0.29) is 5.28 Å². The van der Waals surface area contributed by atoms with Gasteiger partial charge in [0.15, 0.2) is 0 Å². The van der Waals surface area contributed by atoms with Gasteiger partial charge in [-0.05, 0) is 43.1 Å². The zero-order chi connectivity index (χ0) is 12.3. The van der Waals surface area contributed by atoms with Gasteiger partial charge in [0.25, 0.3) is 0 Å². The number of aromatic nitrogens is 2. The monoisotopic (exact) mass is 247 g/mol. The Kier molecular flexibility index (Phi) is 3.59. The SMILES string of the molecule is CCN(c1ccnc(Cl)n1)c1ccccc1C. The normalized spacial score (nSPS) is 10.3. The van der Waals surface area contributed by atoms with E-state index in [1.807, 2.05) is 18.2 Å². The van der Waals surface area contributed by atoms with E-state index >= 15 is 0 Å². The van der Waals surface area contributed by atoms with E-state index in [4.69, 9.17) is 11.6 Å². The molecule has 0 radical (unpaired) electrons. The summed E-state index contributed by atoms with van der Waals surface area (Å²) in [4.78, 5) is 10.3. The molecule has 0 aliphatic carbocycles. The lowest BCUT2D eigenvalue weighted by Crippen LogP contribution is -2.18. The van der Waals surface area contributed by atoms with E-state index in [2.05, 4.69) is 40.8 Å². The van der Waals surface area contributed by atoms with Gasteiger partial charge in [0.05, 0.1) is 0 Å². The van der Waals surface area contributed by atoms with Crippen molar-refractivity contribution in [1.29, 1.82) is 0 Å². The van der Waals surface area contributed by atoms with Crippen LogP contribution in [-0.2, 0) is 0 Å². The molecule has 0 atom stereocenters. The molecule has 0 saturated carbocycles. The molecule has 88 valence electrons. The predicted octanol–water partition coefficient (Wildman–Crippen LogP) is 3.60. The Morgan fingerprint density at radius 3 is 2.65 bits per heavy atom. The van der Waals surface area contributed by atoms with Crippen molar-refractivity contribution < 1.29 is 0 Å². The molecule has 0 fully saturated rings. The van der Waals surface area contributed by atoms with Crippen LogP contribution in [0.3, 0.4) is 0 Å². The van der Waals surface area contributed by atoms with Crippen LogP contribution >= 0.6 is 11.6 Å². The summed E-state index contributed by atoms with van der Waals surface area (Å²) in [6.07, 6.45) is 1.67. The van der Waals surface area contributed by atoms with Gasteiger partial charge in [0.2, 0.25) is 5.28 Å². The van der Waals surface area contributed by atoms with E-state index in [9.17, 15) is 0 Å². The average Bonchev–Trinajstić information content (AvgIpc) is 2.33. The topological polar surface area (TPSA) is 29.0 Å². The van der Waals surface area contributed by atoms with Crippen molar-refractivity contribution in [1.82, 2.24) is 9.97 Å². The Morgan fingerprint density at radius 2 is 2.00 bits per heavy atom. The zero-order valence-electron chi connectivity index (χ0n) is 9.89. The number of hydrogen-bond donors (Lipinski definition) is 0. The molecule has 0 bridgehead atoms. The highest BCUT2D eigenvalue weighted by atomic mass is 35.5. The van der Waals surface area contributed by atoms with Gasteiger partial charge >= 0.3 is 0 Å². The lowest BCUT2D eigenvalue weighted by atomic mass is 10.2. The van der Waals surface area contributed by atoms with Crippen LogP contribution < -0.4 is 4.90 Å². The van der Waals surface area contributed by atoms with Gasteiger partial charge < -0.3 is 4.90 Å². The summed E-state index contributed by atoms with van der Waals surface area (Å²) in [5.41, 5.74) is 2.36. The van der Waals surface area contributed by atoms with E-state index in [1.54, 1.807) is 6.20 Å². The van der Waals surface area contributed by atoms with Crippen LogP contribution in [0.5, 0.6) is 0 Å². The Labute approximate surface area is 106 Å². The number of anilines is 2. The van der Waals surface area contributed by atoms with Gasteiger partial charge in [0.1, 0.15) is 5.82 Å². The average molecular weight is 248 g/mol. The van der Waals surface area contributed by atoms with Gasteiger partial charge in [-0.25, -0.2) is 9.97 Å². The zero-order valence-corrected chi connectivity index (χ0v) is 10.6. The van der Waals surface area contributed by atoms with Crippen LogP contribution in [0.4, 0.5) is 11.5 Å². The highest BCUT2D eigenvalue weighted by Gasteiger charge is 2.10. The van der Waals surface area contributed by atoms with E-state index < -0.39 is 0 Å². The van der Waals surface area contributed by atoms with E-state index in [1.165, 1.54) is 5.56 Å². The summed E-state index contributed by atoms with van der Waals surface area (Å²) in [5, 5.41) is 0.273. The predicted molar refractivity (Wildman–Crippen MR) is 70.9 cm³/mol. The fourth-order valence-electron chi connectivity index (χ4n) is 1.80. The van der Waals surface area contributed by atoms with Gasteiger partial charge in [-0.3, -0.25) is 0 Å². The number of hydrogen-bond acceptors (Lipinski definition) is 3. The molecule has 2 rings (SSSR count). The fourth-order valence-corrected chi connectivity index (χ4v) is 1.94. The lowest BCUT2D eigenvalue weighted by molar-refractivity contribution is 0.970. The van der Waals surface area contributed by atoms with Crippen molar-refractivity contribution in [3.63, 3.8) is 0 Å². The minimum absolute atomic E-state index is 0.273. The quantitative estimate of drug-likeness (QED) is 0.776. The van der Waals surface area contributed by atoms with Crippen LogP contribution in [0.15, 0.2) is 36.5 Å². The third kappa shape index (κ3) is 2.56. The molecule has 0 N–H and O–H groups in total. The summed E-state index contributed by atoms with van der Waals surface area (Å²) in [6, 6.07) is 10.1. The molecule has 0 aliphatic heterocycles. The molecule has 0 spiro atoms. The highest BCUT2D eigenvalue weighted by Crippen LogP contribution is 2.26. The molecule has 2 aromatic rings. The van der Waals surface area contributed by atoms with Crippen molar-refractivity contribution in [3.05, 3.63) is 47.4 Å². The van der Waals surface area contributed by atoms with Crippen molar-refractivity contribution in [2.45, 2.75) is 13.8 Å². The summed E-state index contributed by atoms with van der Waals surface area (Å²) in [7, 11) is 0. The molecule has 1 aromatic carbocycles. The van der Waals surface area contributed by atoms with Crippen LogP contribution in [0.25, 0.3) is 0 Å². The van der Waals surface area contributed by atoms with Crippen LogP contribution in [0, 0.1) is 6.92 Å². The second kappa shape index (κ2) is 5.15. The van der Waals surface area contributed by atoms with E-state index in [0.29, 0.717) is 0 Å². The van der Waals surface area contributed by atoms with Crippen LogP contribution in [0.1, 0.15) is 12.5 Å². The number of rotatable bonds is 3. The maximum Gasteiger partial charge on any atom is 0.224 e. The summed E-state index contributed by atoms with van der Waals surface area (Å²) in [6.45, 7) is 5.00. The molecule has 0 aliphatic rings. The number of halogens is 1. The minimum Gasteiger partial charge on any atom is -0.326 e. The standard InChI is InChI=1S/C13H14ClN3/c1-3-17(11-7-5-4-6-10(11)2)12-8-9-15-13(14)16-12/h4-9H,3H2,1-2H3. The molecular weight excluding hydrogens is 234 g/mol. The summed E-state index contributed by atoms with van der Waals surface area (Å²) >= 11 is 5.82. The molecule has 4 heteroatoms. The molecule has 3 nitrogen and oxygen atoms in total. The maximum atomic E-state index is 5.82. The molecule has 17 heavy (non-hydrogen) atoms. The maximum absolute atomic E-state index is 5.82. The molecule has 0 amide bonds. The number of nitrogens with zero attached hydrogens (tertiary/aromatic N) is 3. The summed E-state index contributed by atoms with van der Waals surface area (Å²) in [5.74, 6) is 0.821. The first kappa shape index (κ1) is 11.9. The van der Waals surface area contributed by atoms with Crippen molar-refractivity contribution in [2.24, 2.45) is 0 Å². The number of aryl methyl sites for hydroxylation is 1. The van der Waals surface area contributed by atoms with Crippen molar-refractivity contribution >= 4 is 23.1 Å². The number of para-hydroxylation sites is 1. The Morgan fingerprint density at radius 1 is 1.24 bits per heavy atom. The Hall–Kier alpha value is -1.61. The fraction of sp³-hybridized carbons (Fsp3) is 0.231. The first-order chi connectivity index (χ1) is 8.22. The summed E-state index contributed by atoms with van der Waals surface area (Å²) < 4.78 is 0. The smallest absolute Gasteiger partial charge is 0.224 e. The largest absolute Gasteiger partial charge is 0.326 e. The van der Waals surface area contributed by atoms with Gasteiger partial charge in [-0.1, -0.05) is 18.2 Å². The third-order valence-corrected chi connectivity index (χ3v) is 2.79. The van der Waals surface area contributed by atoms with Crippen molar-refractivity contribution in [3.8, 4) is 0 Å². The first-order valence-electron chi connectivity index (χ1n) is 5.54. The molecule has 0 saturated heterocycles. The highest BCUT2D eigenvalue weighted by molar-refractivity contribution is 6.28. The lowest BCUT2D eigenvalue weighted by Gasteiger charge is -2.23. The molecular formula is C13H14ClN3. The van der Waals surface area contributed by atoms with Crippen LogP contribution in [0.2, 0.25) is 5.28 Å². The number of benzene rings is 1. The van der Waals surface area contributed by atoms with Crippen LogP contribution in [-0.4, -0.2) is 16.5 Å². The molecule has 0 unspecified atom stereocenters. The van der Waals surface area contributed by atoms with E-state index in [0.717, 1.165) is 18.1 Å². The van der Waals surface area contributed by atoms with Crippen molar-refractivity contribution in [2.75, 3.05) is 11.4 Å². The Bertz CT molecular complexity index is 514. The van der Waals surface area contributed by atoms with Gasteiger partial charge in [-0.15, -0.1) is 0 Å². The second-order valence-corrected chi connectivity index (χ2v) is 4.05. The minimum atomic E-state index is 0.273. The van der Waals surface area contributed by atoms with Gasteiger partial charge in [0, 0.05) is 18.4 Å². The molecule has 1 heterocycles. The Balaban J connectivity index is 2.44. The van der Waals surface area contributed by atoms with Gasteiger partial charge in [-0.2, -0.15) is 0 Å². The second-order valence-electron chi connectivity index (χ2n) is 3.71.